The number of aromatic amines is 1. The average molecular weight is 1790 g/mol. The smallest absolute Gasteiger partial charge is 0.261 e. The third-order valence-corrected chi connectivity index (χ3v) is 14.3. The Morgan fingerprint density at radius 3 is 0.754 bits per heavy atom. The van der Waals surface area contributed by atoms with Gasteiger partial charge in [-0.1, -0.05) is 295 Å². The number of primary amides is 2. The Balaban J connectivity index is -0.000000441. The zero-order valence-electron chi connectivity index (χ0n) is 77.8. The van der Waals surface area contributed by atoms with Crippen molar-refractivity contribution >= 4 is 81.3 Å². The zero-order valence-corrected chi connectivity index (χ0v) is 78.6. The van der Waals surface area contributed by atoms with Crippen molar-refractivity contribution in [1.82, 2.24) is 58.9 Å². The lowest BCUT2D eigenvalue weighted by Gasteiger charge is -2.03. The number of fused-ring (bicyclic) bond motifs is 1. The van der Waals surface area contributed by atoms with E-state index in [2.05, 4.69) is 58.3 Å². The van der Waals surface area contributed by atoms with Gasteiger partial charge in [-0.2, -0.15) is 46.5 Å². The molecule has 24 N–H and O–H groups in total. The number of nitrogens with one attached hydrogen (secondary N) is 4. The Morgan fingerprint density at radius 1 is 0.338 bits per heavy atom. The molecule has 0 aliphatic carbocycles. The number of para-hydroxylation sites is 9. The third kappa shape index (κ3) is 45.7. The highest BCUT2D eigenvalue weighted by Crippen LogP contribution is 2.20. The van der Waals surface area contributed by atoms with Crippen molar-refractivity contribution < 1.29 is 9.59 Å². The number of nitrogens with zero attached hydrogens (tertiary/aromatic N) is 15. The SMILES string of the molecule is C=C(C#N)C#N.CC.CC.CC.CC.CC.CC.CC.CC.CC.Cl.N#Cc1cnn(-c2ccccc2)c1N.N#Cc1cnn(-c2ccccc2)c1N.NC(=O)c1cnn(-c2ccccc2)c1N.NC(=O)c1cnn(-c2ccccc2)c1N.NNc1ccccc1.NNc1ccccc1.NNc1ccccc1.Nc1ccccc1.O=c1[nH]cnc2c1cnn2-c1ccccc1. The van der Waals surface area contributed by atoms with Gasteiger partial charge in [0.05, 0.1) is 65.7 Å². The summed E-state index contributed by atoms with van der Waals surface area (Å²) in [5.41, 5.74) is 55.5. The van der Waals surface area contributed by atoms with Crippen molar-refractivity contribution in [3.63, 3.8) is 0 Å². The summed E-state index contributed by atoms with van der Waals surface area (Å²) in [6, 6.07) is 92.4. The van der Waals surface area contributed by atoms with Crippen LogP contribution in [0.25, 0.3) is 39.5 Å². The second kappa shape index (κ2) is 79.6. The summed E-state index contributed by atoms with van der Waals surface area (Å²) in [4.78, 5) is 40.0. The van der Waals surface area contributed by atoms with Gasteiger partial charge in [-0.15, -0.1) is 12.4 Å². The van der Waals surface area contributed by atoms with Gasteiger partial charge in [0.15, 0.2) is 5.65 Å². The highest BCUT2D eigenvalue weighted by atomic mass is 35.5. The lowest BCUT2D eigenvalue weighted by Crippen LogP contribution is -2.13. The van der Waals surface area contributed by atoms with Crippen LogP contribution in [-0.4, -0.2) is 70.7 Å². The molecule has 0 spiro atoms. The Morgan fingerprint density at radius 2 is 0.562 bits per heavy atom. The van der Waals surface area contributed by atoms with Crippen LogP contribution in [0.4, 0.5) is 46.0 Å². The molecule has 15 rings (SSSR count). The van der Waals surface area contributed by atoms with E-state index < -0.39 is 11.8 Å². The van der Waals surface area contributed by atoms with E-state index in [0.29, 0.717) is 33.8 Å². The average Bonchev–Trinajstić information content (AvgIpc) is 1.63. The van der Waals surface area contributed by atoms with Crippen LogP contribution >= 0.6 is 12.4 Å². The number of aromatic nitrogens is 12. The van der Waals surface area contributed by atoms with Crippen molar-refractivity contribution in [2.24, 2.45) is 29.0 Å². The Kier molecular flexibility index (Phi) is 74.6. The number of nitrogen functional groups attached to an aromatic ring is 8. The number of halogens is 1. The Labute approximate surface area is 772 Å². The number of nitriles is 4. The van der Waals surface area contributed by atoms with Gasteiger partial charge in [-0.25, -0.2) is 28.4 Å². The first-order valence-electron chi connectivity index (χ1n) is 41.7. The topological polar surface area (TPSA) is 560 Å². The molecule has 0 atom stereocenters. The van der Waals surface area contributed by atoms with Gasteiger partial charge in [0.25, 0.3) is 17.4 Å². The molecule has 33 heteroatoms. The number of H-pyrrole nitrogens is 1. The minimum Gasteiger partial charge on any atom is -0.399 e. The van der Waals surface area contributed by atoms with E-state index in [1.807, 2.05) is 410 Å². The van der Waals surface area contributed by atoms with E-state index in [1.54, 1.807) is 26.2 Å². The highest BCUT2D eigenvalue weighted by Gasteiger charge is 2.15. The van der Waals surface area contributed by atoms with E-state index in [0.717, 1.165) is 51.2 Å². The molecule has 130 heavy (non-hydrogen) atoms. The maximum Gasteiger partial charge on any atom is 0.261 e. The molecule has 0 aliphatic rings. The van der Waals surface area contributed by atoms with E-state index in [4.69, 9.17) is 78.7 Å². The maximum atomic E-state index is 11.5. The third-order valence-electron chi connectivity index (χ3n) is 14.3. The van der Waals surface area contributed by atoms with Crippen molar-refractivity contribution in [3.05, 3.63) is 355 Å². The molecule has 0 fully saturated rings. The second-order valence-electron chi connectivity index (χ2n) is 21.7. The van der Waals surface area contributed by atoms with Crippen LogP contribution in [0.3, 0.4) is 0 Å². The quantitative estimate of drug-likeness (QED) is 0.0262. The fraction of sp³-hybridized carbons (Fsp3) is 0.186. The summed E-state index contributed by atoms with van der Waals surface area (Å²) >= 11 is 0. The predicted octanol–water partition coefficient (Wildman–Crippen LogP) is 19.3. The van der Waals surface area contributed by atoms with E-state index in [1.165, 1.54) is 46.7 Å². The number of amides is 2. The molecule has 6 aromatic heterocycles. The molecule has 0 aliphatic heterocycles. The molecular formula is C97H132ClN29O3. The van der Waals surface area contributed by atoms with Crippen LogP contribution in [-0.2, 0) is 0 Å². The van der Waals surface area contributed by atoms with Crippen LogP contribution < -0.4 is 79.5 Å². The number of carbonyl (C=O) groups excluding carboxylic acids is 2. The number of allylic oxidation sites excluding steroid dienone is 1. The van der Waals surface area contributed by atoms with Crippen molar-refractivity contribution in [2.45, 2.75) is 125 Å². The maximum absolute atomic E-state index is 11.5. The monoisotopic (exact) mass is 1790 g/mol. The minimum atomic E-state index is -0.574. The zero-order chi connectivity index (χ0) is 98.1. The number of hydrogen-bond acceptors (Lipinski definition) is 24. The summed E-state index contributed by atoms with van der Waals surface area (Å²) < 4.78 is 7.67. The molecule has 32 nitrogen and oxygen atoms in total. The summed E-state index contributed by atoms with van der Waals surface area (Å²) in [5, 5.41) is 53.6. The largest absolute Gasteiger partial charge is 0.399 e. The molecule has 690 valence electrons. The Bertz CT molecular complexity index is 5240. The molecule has 0 saturated carbocycles. The van der Waals surface area contributed by atoms with Gasteiger partial charge >= 0.3 is 0 Å². The molecule has 15 aromatic rings. The van der Waals surface area contributed by atoms with Gasteiger partial charge in [0.1, 0.15) is 80.8 Å². The summed E-state index contributed by atoms with van der Waals surface area (Å²) in [5.74, 6) is 15.4. The van der Waals surface area contributed by atoms with Gasteiger partial charge in [-0.05, 0) is 109 Å². The molecular weight excluding hydrogens is 1650 g/mol. The van der Waals surface area contributed by atoms with Crippen molar-refractivity contribution in [2.75, 3.05) is 44.9 Å². The number of carbonyl (C=O) groups is 2. The molecule has 6 heterocycles. The fourth-order valence-electron chi connectivity index (χ4n) is 8.78. The first kappa shape index (κ1) is 122. The van der Waals surface area contributed by atoms with Crippen LogP contribution in [0.1, 0.15) is 156 Å². The van der Waals surface area contributed by atoms with Crippen LogP contribution in [0.2, 0.25) is 0 Å². The van der Waals surface area contributed by atoms with Crippen LogP contribution in [0.5, 0.6) is 0 Å². The first-order chi connectivity index (χ1) is 62.9. The number of hydrogen-bond donors (Lipinski definition) is 14. The molecule has 2 amide bonds. The summed E-state index contributed by atoms with van der Waals surface area (Å²) in [6.45, 7) is 39.1. The highest BCUT2D eigenvalue weighted by molar-refractivity contribution is 5.98. The standard InChI is InChI=1S/C11H8N4O.2C10H10N4O.2C10H8N4.3C6H8N2.C6H7N.C4H2N2.9C2H6.ClH/c16-11-9-6-14-15(10(9)12-7-13-11)8-4-2-1-3-5-8;2*11-9-8(10(12)15)6-13-14(9)7-4-2-1-3-5-7;2*11-6-8-7-13-14(10(8)12)9-4-2-1-3-5-9;3*7-8-6-4-2-1-3-5-6;7-6-4-2-1-3-5-6;1-4(2-5)3-6;9*1-2;/h1-7H,(H,12,13,16);2*1-6H,11H2,(H2,12,15);2*1-5,7H,12H2;3*1-5,8H,7H2;1-5H,7H2;1H2;9*1-2H3;1H. The van der Waals surface area contributed by atoms with Gasteiger partial charge in [-0.3, -0.25) is 31.9 Å². The molecule has 9 aromatic carbocycles. The van der Waals surface area contributed by atoms with E-state index in [9.17, 15) is 14.4 Å². The second-order valence-corrected chi connectivity index (χ2v) is 21.7. The van der Waals surface area contributed by atoms with Gasteiger partial charge < -0.3 is 61.4 Å². The number of anilines is 8. The minimum absolute atomic E-state index is 0. The van der Waals surface area contributed by atoms with E-state index >= 15 is 0 Å². The number of nitrogens with two attached hydrogens (primary N) is 10. The predicted molar refractivity (Wildman–Crippen MR) is 541 cm³/mol. The Hall–Kier alpha value is -16.6. The van der Waals surface area contributed by atoms with Gasteiger partial charge in [0, 0.05) is 22.7 Å². The van der Waals surface area contributed by atoms with Crippen LogP contribution in [0.15, 0.2) is 327 Å². The fourth-order valence-corrected chi connectivity index (χ4v) is 8.78. The molecule has 0 unspecified atom stereocenters. The molecule has 0 radical (unpaired) electrons. The normalized spacial score (nSPS) is 8.44. The number of rotatable bonds is 10. The number of hydrazine groups is 3. The molecule has 0 saturated heterocycles. The lowest BCUT2D eigenvalue weighted by molar-refractivity contribution is 0.0992. The van der Waals surface area contributed by atoms with Gasteiger partial charge in [0.2, 0.25) is 0 Å². The lowest BCUT2D eigenvalue weighted by atomic mass is 10.3. The van der Waals surface area contributed by atoms with Crippen molar-refractivity contribution in [1.29, 1.82) is 21.0 Å². The number of benzene rings is 9. The summed E-state index contributed by atoms with van der Waals surface area (Å²) in [6.07, 6.45) is 8.56. The van der Waals surface area contributed by atoms with Crippen molar-refractivity contribution in [3.8, 4) is 52.7 Å². The van der Waals surface area contributed by atoms with E-state index in [-0.39, 0.29) is 46.3 Å². The van der Waals surface area contributed by atoms with Crippen LogP contribution in [0, 0.1) is 45.3 Å². The molecule has 0 bridgehead atoms. The first-order valence-corrected chi connectivity index (χ1v) is 41.7. The summed E-state index contributed by atoms with van der Waals surface area (Å²) in [7, 11) is 0.